The zero-order chi connectivity index (χ0) is 16.1. The summed E-state index contributed by atoms with van der Waals surface area (Å²) >= 11 is 1.53. The van der Waals surface area contributed by atoms with Gasteiger partial charge < -0.3 is 10.1 Å². The molecule has 0 aromatic carbocycles. The molecule has 0 bridgehead atoms. The zero-order valence-corrected chi connectivity index (χ0v) is 14.1. The van der Waals surface area contributed by atoms with Crippen molar-refractivity contribution in [3.63, 3.8) is 0 Å². The number of fused-ring (bicyclic) bond motifs is 1. The largest absolute Gasteiger partial charge is 0.379 e. The third kappa shape index (κ3) is 4.33. The van der Waals surface area contributed by atoms with Gasteiger partial charge in [-0.1, -0.05) is 11.8 Å². The Kier molecular flexibility index (Phi) is 6.02. The fourth-order valence-electron chi connectivity index (χ4n) is 2.28. The molecular formula is C15H23N3O3S. The first kappa shape index (κ1) is 17.0. The summed E-state index contributed by atoms with van der Waals surface area (Å²) in [6.07, 6.45) is 2.92. The monoisotopic (exact) mass is 325 g/mol. The molecule has 0 aliphatic carbocycles. The first-order valence-corrected chi connectivity index (χ1v) is 8.57. The number of ether oxygens (including phenoxy) is 1. The molecule has 7 heteroatoms. The maximum absolute atomic E-state index is 12.2. The van der Waals surface area contributed by atoms with E-state index in [0.29, 0.717) is 30.3 Å². The summed E-state index contributed by atoms with van der Waals surface area (Å²) in [4.78, 5) is 28.4. The van der Waals surface area contributed by atoms with Crippen LogP contribution in [0.4, 0.5) is 0 Å². The summed E-state index contributed by atoms with van der Waals surface area (Å²) in [7, 11) is 0. The number of aromatic nitrogens is 2. The number of nitrogens with one attached hydrogen (secondary N) is 1. The standard InChI is InChI=1S/C15H23N3O3S/c1-10(2)21-6-4-5-16-13(19)7-12-9-22-15-17-8-11(3)14(20)18(12)15/h8,10,12H,4-7,9H2,1-3H3,(H,16,19). The van der Waals surface area contributed by atoms with Crippen molar-refractivity contribution in [2.24, 2.45) is 0 Å². The van der Waals surface area contributed by atoms with Gasteiger partial charge in [-0.15, -0.1) is 0 Å². The van der Waals surface area contributed by atoms with Crippen LogP contribution in [0.15, 0.2) is 16.1 Å². The molecule has 0 saturated heterocycles. The van der Waals surface area contributed by atoms with E-state index < -0.39 is 0 Å². The summed E-state index contributed by atoms with van der Waals surface area (Å²) in [5.41, 5.74) is 0.570. The van der Waals surface area contributed by atoms with Gasteiger partial charge in [0.15, 0.2) is 5.16 Å². The Morgan fingerprint density at radius 3 is 3.09 bits per heavy atom. The lowest BCUT2D eigenvalue weighted by Gasteiger charge is -2.14. The molecule has 1 aliphatic rings. The van der Waals surface area contributed by atoms with Gasteiger partial charge in [0, 0.05) is 37.1 Å². The van der Waals surface area contributed by atoms with E-state index in [2.05, 4.69) is 10.3 Å². The molecule has 1 aromatic rings. The Balaban J connectivity index is 1.82. The lowest BCUT2D eigenvalue weighted by atomic mass is 10.2. The van der Waals surface area contributed by atoms with Crippen molar-refractivity contribution < 1.29 is 9.53 Å². The van der Waals surface area contributed by atoms with E-state index in [-0.39, 0.29) is 23.6 Å². The molecule has 1 aromatic heterocycles. The van der Waals surface area contributed by atoms with E-state index in [1.165, 1.54) is 11.8 Å². The molecule has 0 fully saturated rings. The summed E-state index contributed by atoms with van der Waals surface area (Å²) in [6, 6.07) is -0.105. The second-order valence-corrected chi connectivity index (χ2v) is 6.68. The highest BCUT2D eigenvalue weighted by Gasteiger charge is 2.27. The number of carbonyl (C=O) groups excluding carboxylic acids is 1. The number of carbonyl (C=O) groups is 1. The minimum Gasteiger partial charge on any atom is -0.379 e. The van der Waals surface area contributed by atoms with Crippen LogP contribution < -0.4 is 10.9 Å². The number of aryl methyl sites for hydroxylation is 1. The van der Waals surface area contributed by atoms with Gasteiger partial charge >= 0.3 is 0 Å². The van der Waals surface area contributed by atoms with Gasteiger partial charge in [0.2, 0.25) is 5.91 Å². The van der Waals surface area contributed by atoms with Gasteiger partial charge in [0.05, 0.1) is 12.1 Å². The maximum atomic E-state index is 12.2. The van der Waals surface area contributed by atoms with E-state index in [4.69, 9.17) is 4.74 Å². The minimum absolute atomic E-state index is 0.0311. The number of amides is 1. The van der Waals surface area contributed by atoms with Crippen LogP contribution in [-0.4, -0.2) is 40.5 Å². The Bertz CT molecular complexity index is 586. The lowest BCUT2D eigenvalue weighted by Crippen LogP contribution is -2.32. The number of thioether (sulfide) groups is 1. The molecule has 6 nitrogen and oxygen atoms in total. The van der Waals surface area contributed by atoms with E-state index >= 15 is 0 Å². The SMILES string of the molecule is Cc1cnc2n(c1=O)C(CC(=O)NCCCOC(C)C)CS2. The third-order valence-corrected chi connectivity index (χ3v) is 4.53. The fraction of sp³-hybridized carbons (Fsp3) is 0.667. The van der Waals surface area contributed by atoms with Gasteiger partial charge in [0.1, 0.15) is 0 Å². The molecule has 122 valence electrons. The number of rotatable bonds is 7. The zero-order valence-electron chi connectivity index (χ0n) is 13.3. The molecule has 0 saturated carbocycles. The van der Waals surface area contributed by atoms with Gasteiger partial charge in [0.25, 0.3) is 5.56 Å². The van der Waals surface area contributed by atoms with Crippen LogP contribution in [-0.2, 0) is 9.53 Å². The summed E-state index contributed by atoms with van der Waals surface area (Å²) < 4.78 is 7.08. The van der Waals surface area contributed by atoms with Crippen molar-refractivity contribution in [1.82, 2.24) is 14.9 Å². The van der Waals surface area contributed by atoms with E-state index in [1.54, 1.807) is 17.7 Å². The second-order valence-electron chi connectivity index (χ2n) is 5.69. The highest BCUT2D eigenvalue weighted by molar-refractivity contribution is 7.99. The van der Waals surface area contributed by atoms with Crippen LogP contribution in [0.5, 0.6) is 0 Å². The Morgan fingerprint density at radius 2 is 2.36 bits per heavy atom. The summed E-state index contributed by atoms with van der Waals surface area (Å²) in [5.74, 6) is 0.687. The molecule has 1 atom stereocenters. The number of nitrogens with zero attached hydrogens (tertiary/aromatic N) is 2. The summed E-state index contributed by atoms with van der Waals surface area (Å²) in [5, 5.41) is 3.59. The molecule has 1 amide bonds. The minimum atomic E-state index is -0.105. The van der Waals surface area contributed by atoms with Crippen LogP contribution in [0.3, 0.4) is 0 Å². The molecule has 0 spiro atoms. The second kappa shape index (κ2) is 7.78. The van der Waals surface area contributed by atoms with E-state index in [0.717, 1.165) is 12.2 Å². The van der Waals surface area contributed by atoms with Crippen molar-refractivity contribution in [2.45, 2.75) is 50.9 Å². The van der Waals surface area contributed by atoms with Crippen molar-refractivity contribution >= 4 is 17.7 Å². The normalized spacial score (nSPS) is 16.8. The molecule has 1 unspecified atom stereocenters. The van der Waals surface area contributed by atoms with Crippen LogP contribution >= 0.6 is 11.8 Å². The lowest BCUT2D eigenvalue weighted by molar-refractivity contribution is -0.121. The molecule has 2 heterocycles. The van der Waals surface area contributed by atoms with Gasteiger partial charge in [-0.2, -0.15) is 0 Å². The predicted molar refractivity (Wildman–Crippen MR) is 86.3 cm³/mol. The van der Waals surface area contributed by atoms with Gasteiger partial charge in [-0.3, -0.25) is 14.2 Å². The molecule has 0 radical (unpaired) electrons. The van der Waals surface area contributed by atoms with Gasteiger partial charge in [-0.05, 0) is 27.2 Å². The van der Waals surface area contributed by atoms with Crippen molar-refractivity contribution in [2.75, 3.05) is 18.9 Å². The highest BCUT2D eigenvalue weighted by Crippen LogP contribution is 2.31. The molecular weight excluding hydrogens is 302 g/mol. The average Bonchev–Trinajstić information content (AvgIpc) is 2.86. The molecule has 1 aliphatic heterocycles. The van der Waals surface area contributed by atoms with Gasteiger partial charge in [-0.25, -0.2) is 4.98 Å². The molecule has 2 rings (SSSR count). The van der Waals surface area contributed by atoms with Crippen molar-refractivity contribution in [3.05, 3.63) is 22.1 Å². The van der Waals surface area contributed by atoms with E-state index in [9.17, 15) is 9.59 Å². The van der Waals surface area contributed by atoms with Crippen LogP contribution in [0, 0.1) is 6.92 Å². The van der Waals surface area contributed by atoms with Crippen LogP contribution in [0.2, 0.25) is 0 Å². The average molecular weight is 325 g/mol. The molecule has 22 heavy (non-hydrogen) atoms. The smallest absolute Gasteiger partial charge is 0.257 e. The topological polar surface area (TPSA) is 73.2 Å². The first-order chi connectivity index (χ1) is 10.5. The Labute approximate surface area is 134 Å². The van der Waals surface area contributed by atoms with Crippen molar-refractivity contribution in [3.8, 4) is 0 Å². The highest BCUT2D eigenvalue weighted by atomic mass is 32.2. The fourth-order valence-corrected chi connectivity index (χ4v) is 3.38. The van der Waals surface area contributed by atoms with Crippen molar-refractivity contribution in [1.29, 1.82) is 0 Å². The van der Waals surface area contributed by atoms with Crippen LogP contribution in [0.25, 0.3) is 0 Å². The van der Waals surface area contributed by atoms with E-state index in [1.807, 2.05) is 13.8 Å². The number of hydrogen-bond donors (Lipinski definition) is 1. The third-order valence-electron chi connectivity index (χ3n) is 3.42. The quantitative estimate of drug-likeness (QED) is 0.608. The molecule has 1 N–H and O–H groups in total. The first-order valence-electron chi connectivity index (χ1n) is 7.58. The Hall–Kier alpha value is -1.34. The summed E-state index contributed by atoms with van der Waals surface area (Å²) in [6.45, 7) is 6.96. The number of hydrogen-bond acceptors (Lipinski definition) is 5. The van der Waals surface area contributed by atoms with Crippen LogP contribution in [0.1, 0.15) is 38.3 Å². The predicted octanol–water partition coefficient (Wildman–Crippen LogP) is 1.52. The Morgan fingerprint density at radius 1 is 1.59 bits per heavy atom. The maximum Gasteiger partial charge on any atom is 0.257 e.